The van der Waals surface area contributed by atoms with Crippen molar-refractivity contribution in [2.24, 2.45) is 0 Å². The van der Waals surface area contributed by atoms with Gasteiger partial charge < -0.3 is 0 Å². The van der Waals surface area contributed by atoms with Gasteiger partial charge in [0, 0.05) is 12.0 Å². The van der Waals surface area contributed by atoms with E-state index in [2.05, 4.69) is 57.2 Å². The Bertz CT molecular complexity index is 625. The summed E-state index contributed by atoms with van der Waals surface area (Å²) in [5.74, 6) is 0.735. The number of hydrogen-bond donors (Lipinski definition) is 0. The van der Waals surface area contributed by atoms with E-state index in [1.54, 1.807) is 0 Å². The molecule has 0 saturated heterocycles. The van der Waals surface area contributed by atoms with E-state index in [1.807, 2.05) is 13.8 Å². The lowest BCUT2D eigenvalue weighted by atomic mass is 9.93. The zero-order valence-corrected chi connectivity index (χ0v) is 13.7. The Morgan fingerprint density at radius 1 is 0.952 bits per heavy atom. The SMILES string of the molecule is Cc1cc(C)c(C(=O)Cc2ccc(C(C)C)cc2)c(C)c1. The molecule has 110 valence electrons. The van der Waals surface area contributed by atoms with Crippen molar-refractivity contribution in [2.45, 2.75) is 47.0 Å². The van der Waals surface area contributed by atoms with Crippen molar-refractivity contribution in [3.63, 3.8) is 0 Å². The van der Waals surface area contributed by atoms with Crippen LogP contribution in [0.1, 0.15) is 57.9 Å². The molecule has 2 aromatic rings. The van der Waals surface area contributed by atoms with E-state index < -0.39 is 0 Å². The van der Waals surface area contributed by atoms with E-state index in [-0.39, 0.29) is 5.78 Å². The van der Waals surface area contributed by atoms with Crippen molar-refractivity contribution in [3.8, 4) is 0 Å². The first-order chi connectivity index (χ1) is 9.88. The summed E-state index contributed by atoms with van der Waals surface area (Å²) in [6.45, 7) is 10.5. The van der Waals surface area contributed by atoms with Crippen molar-refractivity contribution >= 4 is 5.78 Å². The molecule has 1 heteroatoms. The lowest BCUT2D eigenvalue weighted by Crippen LogP contribution is -2.08. The normalized spacial score (nSPS) is 11.0. The number of carbonyl (C=O) groups excluding carboxylic acids is 1. The Kier molecular flexibility index (Phi) is 4.62. The summed E-state index contributed by atoms with van der Waals surface area (Å²) in [5, 5.41) is 0. The Morgan fingerprint density at radius 3 is 1.95 bits per heavy atom. The molecule has 0 radical (unpaired) electrons. The number of carbonyl (C=O) groups is 1. The van der Waals surface area contributed by atoms with E-state index in [1.165, 1.54) is 11.1 Å². The molecule has 0 heterocycles. The van der Waals surface area contributed by atoms with Gasteiger partial charge in [-0.25, -0.2) is 0 Å². The minimum absolute atomic E-state index is 0.210. The second kappa shape index (κ2) is 6.26. The molecule has 21 heavy (non-hydrogen) atoms. The lowest BCUT2D eigenvalue weighted by molar-refractivity contribution is 0.0992. The van der Waals surface area contributed by atoms with E-state index >= 15 is 0 Å². The van der Waals surface area contributed by atoms with Crippen LogP contribution >= 0.6 is 0 Å². The van der Waals surface area contributed by atoms with Gasteiger partial charge in [0.2, 0.25) is 0 Å². The quantitative estimate of drug-likeness (QED) is 0.707. The van der Waals surface area contributed by atoms with Gasteiger partial charge in [-0.2, -0.15) is 0 Å². The minimum Gasteiger partial charge on any atom is -0.294 e. The van der Waals surface area contributed by atoms with Gasteiger partial charge in [-0.15, -0.1) is 0 Å². The third-order valence-electron chi connectivity index (χ3n) is 3.97. The van der Waals surface area contributed by atoms with Gasteiger partial charge in [-0.3, -0.25) is 4.79 Å². The lowest BCUT2D eigenvalue weighted by Gasteiger charge is -2.11. The van der Waals surface area contributed by atoms with Crippen LogP contribution in [0.5, 0.6) is 0 Å². The van der Waals surface area contributed by atoms with Crippen LogP contribution in [-0.2, 0) is 6.42 Å². The van der Waals surface area contributed by atoms with Crippen molar-refractivity contribution in [3.05, 3.63) is 69.8 Å². The average molecular weight is 280 g/mol. The Labute approximate surface area is 128 Å². The zero-order chi connectivity index (χ0) is 15.6. The molecule has 0 unspecified atom stereocenters. The fourth-order valence-electron chi connectivity index (χ4n) is 2.91. The molecule has 0 aliphatic carbocycles. The maximum atomic E-state index is 12.6. The first kappa shape index (κ1) is 15.5. The first-order valence-electron chi connectivity index (χ1n) is 7.58. The smallest absolute Gasteiger partial charge is 0.167 e. The van der Waals surface area contributed by atoms with Gasteiger partial charge in [0.25, 0.3) is 0 Å². The summed E-state index contributed by atoms with van der Waals surface area (Å²) in [5.41, 5.74) is 6.65. The molecular formula is C20H24O. The standard InChI is InChI=1S/C20H24O/c1-13(2)18-8-6-17(7-9-18)12-19(21)20-15(4)10-14(3)11-16(20)5/h6-11,13H,12H2,1-5H3. The summed E-state index contributed by atoms with van der Waals surface area (Å²) in [7, 11) is 0. The van der Waals surface area contributed by atoms with Crippen molar-refractivity contribution in [2.75, 3.05) is 0 Å². The van der Waals surface area contributed by atoms with Crippen molar-refractivity contribution in [1.29, 1.82) is 0 Å². The Balaban J connectivity index is 2.22. The van der Waals surface area contributed by atoms with E-state index in [9.17, 15) is 4.79 Å². The highest BCUT2D eigenvalue weighted by molar-refractivity contribution is 6.00. The van der Waals surface area contributed by atoms with Crippen LogP contribution in [0, 0.1) is 20.8 Å². The van der Waals surface area contributed by atoms with E-state index in [0.717, 1.165) is 22.3 Å². The van der Waals surface area contributed by atoms with Crippen molar-refractivity contribution < 1.29 is 4.79 Å². The molecule has 0 fully saturated rings. The summed E-state index contributed by atoms with van der Waals surface area (Å²) in [6, 6.07) is 12.6. The predicted molar refractivity (Wildman–Crippen MR) is 89.2 cm³/mol. The van der Waals surface area contributed by atoms with Crippen molar-refractivity contribution in [1.82, 2.24) is 0 Å². The maximum absolute atomic E-state index is 12.6. The van der Waals surface area contributed by atoms with Crippen LogP contribution in [0.3, 0.4) is 0 Å². The van der Waals surface area contributed by atoms with Crippen LogP contribution in [0.25, 0.3) is 0 Å². The average Bonchev–Trinajstić information content (AvgIpc) is 2.37. The molecule has 0 aliphatic heterocycles. The molecule has 0 saturated carbocycles. The molecule has 1 nitrogen and oxygen atoms in total. The number of ketones is 1. The zero-order valence-electron chi connectivity index (χ0n) is 13.7. The fraction of sp³-hybridized carbons (Fsp3) is 0.350. The van der Waals surface area contributed by atoms with Gasteiger partial charge >= 0.3 is 0 Å². The molecule has 2 aromatic carbocycles. The molecule has 0 amide bonds. The molecular weight excluding hydrogens is 256 g/mol. The third-order valence-corrected chi connectivity index (χ3v) is 3.97. The molecule has 0 spiro atoms. The Morgan fingerprint density at radius 2 is 1.48 bits per heavy atom. The van der Waals surface area contributed by atoms with Crippen LogP contribution in [-0.4, -0.2) is 5.78 Å². The van der Waals surface area contributed by atoms with Gasteiger partial charge in [0.05, 0.1) is 0 Å². The van der Waals surface area contributed by atoms with Crippen LogP contribution in [0.15, 0.2) is 36.4 Å². The van der Waals surface area contributed by atoms with Crippen LogP contribution in [0.2, 0.25) is 0 Å². The first-order valence-corrected chi connectivity index (χ1v) is 7.58. The molecule has 0 N–H and O–H groups in total. The fourth-order valence-corrected chi connectivity index (χ4v) is 2.91. The number of benzene rings is 2. The summed E-state index contributed by atoms with van der Waals surface area (Å²) >= 11 is 0. The van der Waals surface area contributed by atoms with E-state index in [0.29, 0.717) is 12.3 Å². The van der Waals surface area contributed by atoms with Gasteiger partial charge in [-0.1, -0.05) is 55.8 Å². The van der Waals surface area contributed by atoms with E-state index in [4.69, 9.17) is 0 Å². The Hall–Kier alpha value is -1.89. The molecule has 0 atom stereocenters. The molecule has 0 aromatic heterocycles. The molecule has 2 rings (SSSR count). The summed E-state index contributed by atoms with van der Waals surface area (Å²) in [4.78, 5) is 12.6. The minimum atomic E-state index is 0.210. The van der Waals surface area contributed by atoms with Crippen LogP contribution in [0.4, 0.5) is 0 Å². The summed E-state index contributed by atoms with van der Waals surface area (Å²) in [6.07, 6.45) is 0.475. The number of aryl methyl sites for hydroxylation is 3. The second-order valence-electron chi connectivity index (χ2n) is 6.27. The van der Waals surface area contributed by atoms with Crippen LogP contribution < -0.4 is 0 Å². The van der Waals surface area contributed by atoms with Gasteiger partial charge in [-0.05, 0) is 48.9 Å². The molecule has 0 aliphatic rings. The summed E-state index contributed by atoms with van der Waals surface area (Å²) < 4.78 is 0. The van der Waals surface area contributed by atoms with Gasteiger partial charge in [0.1, 0.15) is 0 Å². The number of hydrogen-bond acceptors (Lipinski definition) is 1. The highest BCUT2D eigenvalue weighted by Crippen LogP contribution is 2.20. The predicted octanol–water partition coefficient (Wildman–Crippen LogP) is 5.16. The number of rotatable bonds is 4. The third kappa shape index (κ3) is 3.60. The number of Topliss-reactive ketones (excluding diaryl/α,β-unsaturated/α-hetero) is 1. The highest BCUT2D eigenvalue weighted by atomic mass is 16.1. The topological polar surface area (TPSA) is 17.1 Å². The molecule has 0 bridgehead atoms. The highest BCUT2D eigenvalue weighted by Gasteiger charge is 2.13. The maximum Gasteiger partial charge on any atom is 0.167 e. The van der Waals surface area contributed by atoms with Gasteiger partial charge in [0.15, 0.2) is 5.78 Å². The second-order valence-corrected chi connectivity index (χ2v) is 6.27. The monoisotopic (exact) mass is 280 g/mol. The largest absolute Gasteiger partial charge is 0.294 e.